The molecule has 1 aromatic heterocycles. The Morgan fingerprint density at radius 1 is 1.25 bits per heavy atom. The predicted octanol–water partition coefficient (Wildman–Crippen LogP) is 4.04. The Hall–Kier alpha value is -1.68. The van der Waals surface area contributed by atoms with Crippen molar-refractivity contribution in [2.45, 2.75) is 39.5 Å². The van der Waals surface area contributed by atoms with Crippen LogP contribution in [0.25, 0.3) is 10.6 Å². The van der Waals surface area contributed by atoms with Gasteiger partial charge in [0, 0.05) is 15.9 Å². The summed E-state index contributed by atoms with van der Waals surface area (Å²) in [7, 11) is 0. The maximum atomic E-state index is 11.0. The summed E-state index contributed by atoms with van der Waals surface area (Å²) in [6, 6.07) is 8.16. The molecule has 106 valence electrons. The van der Waals surface area contributed by atoms with Crippen molar-refractivity contribution in [1.29, 1.82) is 0 Å². The van der Waals surface area contributed by atoms with Crippen molar-refractivity contribution in [3.63, 3.8) is 0 Å². The standard InChI is InChI=1S/C16H19NO2S/c1-10-5-7-11(8-6-10)15-17-14(16(2,3)4)12(20-15)9-13(18)19/h5-8H,9H2,1-4H3,(H,18,19). The number of aryl methyl sites for hydroxylation is 1. The second-order valence-electron chi connectivity index (χ2n) is 5.98. The summed E-state index contributed by atoms with van der Waals surface area (Å²) in [5, 5.41) is 9.95. The third-order valence-electron chi connectivity index (χ3n) is 3.02. The number of aromatic nitrogens is 1. The lowest BCUT2D eigenvalue weighted by molar-refractivity contribution is -0.136. The largest absolute Gasteiger partial charge is 0.481 e. The molecule has 1 heterocycles. The zero-order chi connectivity index (χ0) is 14.9. The molecule has 0 aliphatic carbocycles. The van der Waals surface area contributed by atoms with E-state index in [0.29, 0.717) is 0 Å². The van der Waals surface area contributed by atoms with Gasteiger partial charge in [-0.3, -0.25) is 4.79 Å². The van der Waals surface area contributed by atoms with Crippen molar-refractivity contribution >= 4 is 17.3 Å². The van der Waals surface area contributed by atoms with Crippen LogP contribution in [0.4, 0.5) is 0 Å². The van der Waals surface area contributed by atoms with Gasteiger partial charge in [-0.2, -0.15) is 0 Å². The van der Waals surface area contributed by atoms with Gasteiger partial charge in [-0.15, -0.1) is 11.3 Å². The Morgan fingerprint density at radius 2 is 1.85 bits per heavy atom. The first-order valence-electron chi connectivity index (χ1n) is 6.56. The van der Waals surface area contributed by atoms with E-state index in [-0.39, 0.29) is 11.8 Å². The van der Waals surface area contributed by atoms with Crippen LogP contribution in [0.15, 0.2) is 24.3 Å². The highest BCUT2D eigenvalue weighted by Crippen LogP contribution is 2.34. The van der Waals surface area contributed by atoms with Gasteiger partial charge in [0.15, 0.2) is 0 Å². The number of rotatable bonds is 3. The summed E-state index contributed by atoms with van der Waals surface area (Å²) >= 11 is 1.48. The quantitative estimate of drug-likeness (QED) is 0.927. The fourth-order valence-corrected chi connectivity index (χ4v) is 3.28. The molecule has 2 rings (SSSR count). The highest BCUT2D eigenvalue weighted by atomic mass is 32.1. The van der Waals surface area contributed by atoms with E-state index in [1.165, 1.54) is 16.9 Å². The Labute approximate surface area is 123 Å². The molecule has 0 saturated carbocycles. The number of carboxylic acid groups (broad SMARTS) is 1. The third kappa shape index (κ3) is 3.25. The van der Waals surface area contributed by atoms with Crippen LogP contribution < -0.4 is 0 Å². The first-order valence-corrected chi connectivity index (χ1v) is 7.38. The predicted molar refractivity (Wildman–Crippen MR) is 82.3 cm³/mol. The molecule has 3 nitrogen and oxygen atoms in total. The Balaban J connectivity index is 2.48. The zero-order valence-electron chi connectivity index (χ0n) is 12.2. The Kier molecular flexibility index (Phi) is 3.95. The summed E-state index contributed by atoms with van der Waals surface area (Å²) in [5.41, 5.74) is 2.99. The number of carboxylic acids is 1. The van der Waals surface area contributed by atoms with E-state index in [0.717, 1.165) is 21.1 Å². The van der Waals surface area contributed by atoms with Gasteiger partial charge < -0.3 is 5.11 Å². The molecule has 4 heteroatoms. The van der Waals surface area contributed by atoms with Gasteiger partial charge in [0.25, 0.3) is 0 Å². The number of carbonyl (C=O) groups is 1. The third-order valence-corrected chi connectivity index (χ3v) is 4.12. The summed E-state index contributed by atoms with van der Waals surface area (Å²) < 4.78 is 0. The van der Waals surface area contributed by atoms with Gasteiger partial charge in [-0.25, -0.2) is 4.98 Å². The molecule has 1 aromatic carbocycles. The van der Waals surface area contributed by atoms with Crippen molar-refractivity contribution in [1.82, 2.24) is 4.98 Å². The smallest absolute Gasteiger partial charge is 0.308 e. The molecule has 0 unspecified atom stereocenters. The maximum absolute atomic E-state index is 11.0. The molecule has 0 aliphatic heterocycles. The molecule has 0 atom stereocenters. The van der Waals surface area contributed by atoms with Crippen LogP contribution in [0.1, 0.15) is 36.9 Å². The summed E-state index contributed by atoms with van der Waals surface area (Å²) in [5.74, 6) is -0.811. The first-order chi connectivity index (χ1) is 9.27. The monoisotopic (exact) mass is 289 g/mol. The van der Waals surface area contributed by atoms with Gasteiger partial charge in [0.05, 0.1) is 12.1 Å². The van der Waals surface area contributed by atoms with Gasteiger partial charge >= 0.3 is 5.97 Å². The van der Waals surface area contributed by atoms with Crippen LogP contribution in [-0.2, 0) is 16.6 Å². The van der Waals surface area contributed by atoms with Gasteiger partial charge in [0.1, 0.15) is 5.01 Å². The minimum atomic E-state index is -0.811. The minimum Gasteiger partial charge on any atom is -0.481 e. The first kappa shape index (κ1) is 14.7. The van der Waals surface area contributed by atoms with Crippen LogP contribution in [0.5, 0.6) is 0 Å². The lowest BCUT2D eigenvalue weighted by Gasteiger charge is -2.16. The van der Waals surface area contributed by atoms with Crippen LogP contribution in [-0.4, -0.2) is 16.1 Å². The average molecular weight is 289 g/mol. The summed E-state index contributed by atoms with van der Waals surface area (Å²) in [6.45, 7) is 8.23. The topological polar surface area (TPSA) is 50.2 Å². The molecule has 1 N–H and O–H groups in total. The van der Waals surface area contributed by atoms with Crippen molar-refractivity contribution in [3.8, 4) is 10.6 Å². The van der Waals surface area contributed by atoms with E-state index in [4.69, 9.17) is 5.11 Å². The number of hydrogen-bond donors (Lipinski definition) is 1. The van der Waals surface area contributed by atoms with Crippen LogP contribution in [0.2, 0.25) is 0 Å². The lowest BCUT2D eigenvalue weighted by atomic mass is 9.91. The molecular weight excluding hydrogens is 270 g/mol. The molecule has 0 fully saturated rings. The number of aliphatic carboxylic acids is 1. The van der Waals surface area contributed by atoms with Gasteiger partial charge in [-0.05, 0) is 6.92 Å². The maximum Gasteiger partial charge on any atom is 0.308 e. The average Bonchev–Trinajstić information content (AvgIpc) is 2.72. The molecule has 0 bridgehead atoms. The molecule has 0 aliphatic rings. The molecule has 2 aromatic rings. The van der Waals surface area contributed by atoms with E-state index < -0.39 is 5.97 Å². The highest BCUT2D eigenvalue weighted by Gasteiger charge is 2.24. The van der Waals surface area contributed by atoms with E-state index in [9.17, 15) is 4.79 Å². The summed E-state index contributed by atoms with van der Waals surface area (Å²) in [4.78, 5) is 16.6. The van der Waals surface area contributed by atoms with E-state index in [1.54, 1.807) is 0 Å². The zero-order valence-corrected chi connectivity index (χ0v) is 13.0. The fraction of sp³-hybridized carbons (Fsp3) is 0.375. The van der Waals surface area contributed by atoms with Crippen molar-refractivity contribution < 1.29 is 9.90 Å². The SMILES string of the molecule is Cc1ccc(-c2nc(C(C)(C)C)c(CC(=O)O)s2)cc1. The lowest BCUT2D eigenvalue weighted by Crippen LogP contribution is -2.15. The number of benzene rings is 1. The second-order valence-corrected chi connectivity index (χ2v) is 7.06. The van der Waals surface area contributed by atoms with Gasteiger partial charge in [-0.1, -0.05) is 50.6 Å². The highest BCUT2D eigenvalue weighted by molar-refractivity contribution is 7.15. The normalized spacial score (nSPS) is 11.6. The number of thiazole rings is 1. The molecule has 0 saturated heterocycles. The molecular formula is C16H19NO2S. The molecule has 0 radical (unpaired) electrons. The molecule has 0 spiro atoms. The van der Waals surface area contributed by atoms with E-state index >= 15 is 0 Å². The van der Waals surface area contributed by atoms with Gasteiger partial charge in [0.2, 0.25) is 0 Å². The van der Waals surface area contributed by atoms with E-state index in [2.05, 4.69) is 25.8 Å². The molecule has 20 heavy (non-hydrogen) atoms. The fourth-order valence-electron chi connectivity index (χ4n) is 2.01. The Bertz CT molecular complexity index is 621. The van der Waals surface area contributed by atoms with Crippen molar-refractivity contribution in [2.75, 3.05) is 0 Å². The van der Waals surface area contributed by atoms with Crippen LogP contribution >= 0.6 is 11.3 Å². The second kappa shape index (κ2) is 5.37. The molecule has 0 amide bonds. The number of hydrogen-bond acceptors (Lipinski definition) is 3. The summed E-state index contributed by atoms with van der Waals surface area (Å²) in [6.07, 6.45) is 0.0378. The number of nitrogens with zero attached hydrogens (tertiary/aromatic N) is 1. The minimum absolute atomic E-state index is 0.0378. The van der Waals surface area contributed by atoms with E-state index in [1.807, 2.05) is 31.2 Å². The van der Waals surface area contributed by atoms with Crippen molar-refractivity contribution in [3.05, 3.63) is 40.4 Å². The Morgan fingerprint density at radius 3 is 2.35 bits per heavy atom. The van der Waals surface area contributed by atoms with Crippen LogP contribution in [0, 0.1) is 6.92 Å². The van der Waals surface area contributed by atoms with Crippen LogP contribution in [0.3, 0.4) is 0 Å². The van der Waals surface area contributed by atoms with Crippen molar-refractivity contribution in [2.24, 2.45) is 0 Å².